The average molecular weight is 583 g/mol. The lowest BCUT2D eigenvalue weighted by molar-refractivity contribution is -0.137. The maximum atomic E-state index is 13.7. The van der Waals surface area contributed by atoms with Crippen LogP contribution in [0.1, 0.15) is 78.3 Å². The summed E-state index contributed by atoms with van der Waals surface area (Å²) in [6, 6.07) is 20.8. The number of benzene rings is 3. The van der Waals surface area contributed by atoms with E-state index < -0.39 is 11.7 Å². The number of nitrogens with zero attached hydrogens (tertiary/aromatic N) is 2. The molecule has 0 N–H and O–H groups in total. The Morgan fingerprint density at radius 1 is 0.977 bits per heavy atom. The molecule has 3 atom stereocenters. The minimum atomic E-state index is -4.41. The maximum absolute atomic E-state index is 13.7. The van der Waals surface area contributed by atoms with Gasteiger partial charge in [-0.2, -0.15) is 13.2 Å². The van der Waals surface area contributed by atoms with E-state index >= 15 is 0 Å². The van der Waals surface area contributed by atoms with E-state index in [2.05, 4.69) is 41.0 Å². The summed E-state index contributed by atoms with van der Waals surface area (Å²) in [5, 5.41) is 0. The second-order valence-electron chi connectivity index (χ2n) is 12.9. The van der Waals surface area contributed by atoms with Gasteiger partial charge in [0.25, 0.3) is 0 Å². The van der Waals surface area contributed by atoms with Crippen LogP contribution in [-0.4, -0.2) is 36.5 Å². The van der Waals surface area contributed by atoms with Gasteiger partial charge >= 0.3 is 12.1 Å². The largest absolute Gasteiger partial charge is 0.416 e. The van der Waals surface area contributed by atoms with E-state index in [9.17, 15) is 18.0 Å². The Labute approximate surface area is 252 Å². The number of piperidine rings is 1. The molecule has 3 aromatic carbocycles. The van der Waals surface area contributed by atoms with Crippen LogP contribution in [0.3, 0.4) is 0 Å². The Hall–Kier alpha value is -3.56. The summed E-state index contributed by atoms with van der Waals surface area (Å²) in [5.41, 5.74) is 5.82. The fourth-order valence-corrected chi connectivity index (χ4v) is 8.45. The Kier molecular flexibility index (Phi) is 7.13. The van der Waals surface area contributed by atoms with E-state index in [1.807, 2.05) is 25.2 Å². The van der Waals surface area contributed by atoms with Gasteiger partial charge in [-0.15, -0.1) is 0 Å². The molecule has 0 aromatic heterocycles. The predicted octanol–water partition coefficient (Wildman–Crippen LogP) is 7.53. The van der Waals surface area contributed by atoms with Gasteiger partial charge in [-0.1, -0.05) is 61.2 Å². The van der Waals surface area contributed by atoms with Crippen molar-refractivity contribution in [3.63, 3.8) is 0 Å². The molecule has 222 valence electrons. The third kappa shape index (κ3) is 5.16. The van der Waals surface area contributed by atoms with Gasteiger partial charge in [0, 0.05) is 36.0 Å². The molecule has 3 nitrogen and oxygen atoms in total. The lowest BCUT2D eigenvalue weighted by atomic mass is 9.52. The Morgan fingerprint density at radius 3 is 2.47 bits per heavy atom. The summed E-state index contributed by atoms with van der Waals surface area (Å²) in [6.07, 6.45) is 6.05. The van der Waals surface area contributed by atoms with Crippen molar-refractivity contribution in [2.24, 2.45) is 5.92 Å². The van der Waals surface area contributed by atoms with E-state index in [0.717, 1.165) is 29.8 Å². The van der Waals surface area contributed by atoms with Crippen LogP contribution < -0.4 is 4.90 Å². The molecule has 3 aromatic rings. The minimum absolute atomic E-state index is 0.164. The highest BCUT2D eigenvalue weighted by molar-refractivity contribution is 6.07. The first-order chi connectivity index (χ1) is 20.7. The number of hydrogen-bond acceptors (Lipinski definition) is 2. The number of carbonyl (C=O) groups is 1. The second-order valence-corrected chi connectivity index (χ2v) is 12.9. The third-order valence-corrected chi connectivity index (χ3v) is 10.5. The number of fused-ring (bicyclic) bond motifs is 1. The monoisotopic (exact) mass is 582 g/mol. The van der Waals surface area contributed by atoms with Crippen molar-refractivity contribution in [3.05, 3.63) is 100 Å². The van der Waals surface area contributed by atoms with Crippen LogP contribution in [-0.2, 0) is 29.2 Å². The molecular weight excluding hydrogens is 545 g/mol. The van der Waals surface area contributed by atoms with Crippen LogP contribution >= 0.6 is 0 Å². The molecule has 1 amide bonds. The van der Waals surface area contributed by atoms with Crippen LogP contribution in [0.4, 0.5) is 18.9 Å². The van der Waals surface area contributed by atoms with Crippen LogP contribution in [0.25, 0.3) is 0 Å². The number of alkyl halides is 3. The Balaban J connectivity index is 1.29. The number of amides is 1. The zero-order valence-electron chi connectivity index (χ0n) is 24.6. The van der Waals surface area contributed by atoms with Crippen LogP contribution in [0.2, 0.25) is 0 Å². The maximum Gasteiger partial charge on any atom is 0.416 e. The van der Waals surface area contributed by atoms with Gasteiger partial charge in [0.1, 0.15) is 0 Å². The normalized spacial score (nSPS) is 24.7. The SMILES string of the molecule is CN(C(=O)C#Cc1ccc(C(F)(F)F)cc1)c1c(Cc2ccccc2)ccc2c1C[C@@H]1[C@@H]3CCCC[C@]23CCN1C1CC1. The van der Waals surface area contributed by atoms with Gasteiger partial charge in [-0.3, -0.25) is 9.69 Å². The molecule has 6 heteroatoms. The van der Waals surface area contributed by atoms with Crippen LogP contribution in [0.15, 0.2) is 66.7 Å². The standard InChI is InChI=1S/C37H37F3N2O/c1-41(34(43)19-12-25-10-14-28(15-11-25)37(38,39)40)35-27(23-26-7-3-2-4-8-26)13-18-31-30(35)24-33-32-9-5-6-20-36(31,32)21-22-42(33)29-16-17-29/h2-4,7-8,10-11,13-15,18,29,32-33H,5-6,9,16-17,20-24H2,1H3/t32-,33+,36-/m0/s1. The number of rotatable bonds is 4. The summed E-state index contributed by atoms with van der Waals surface area (Å²) in [6.45, 7) is 1.17. The summed E-state index contributed by atoms with van der Waals surface area (Å²) >= 11 is 0. The highest BCUT2D eigenvalue weighted by atomic mass is 19.4. The topological polar surface area (TPSA) is 23.6 Å². The van der Waals surface area contributed by atoms with Crippen molar-refractivity contribution in [2.75, 3.05) is 18.5 Å². The number of carbonyl (C=O) groups excluding carboxylic acids is 1. The fraction of sp³-hybridized carbons (Fsp3) is 0.432. The van der Waals surface area contributed by atoms with Crippen LogP contribution in [0.5, 0.6) is 0 Å². The van der Waals surface area contributed by atoms with E-state index in [1.54, 1.807) is 4.90 Å². The molecule has 2 bridgehead atoms. The van der Waals surface area contributed by atoms with Crippen molar-refractivity contribution < 1.29 is 18.0 Å². The molecule has 0 unspecified atom stereocenters. The molecule has 43 heavy (non-hydrogen) atoms. The minimum Gasteiger partial charge on any atom is -0.304 e. The molecule has 1 aliphatic heterocycles. The highest BCUT2D eigenvalue weighted by Gasteiger charge is 2.56. The van der Waals surface area contributed by atoms with Crippen molar-refractivity contribution in [1.29, 1.82) is 0 Å². The van der Waals surface area contributed by atoms with Gasteiger partial charge in [0.05, 0.1) is 11.3 Å². The van der Waals surface area contributed by atoms with Crippen LogP contribution in [0, 0.1) is 17.8 Å². The lowest BCUT2D eigenvalue weighted by Gasteiger charge is -2.59. The average Bonchev–Trinajstić information content (AvgIpc) is 3.85. The quantitative estimate of drug-likeness (QED) is 0.297. The molecular formula is C37H37F3N2O. The van der Waals surface area contributed by atoms with E-state index in [-0.39, 0.29) is 11.3 Å². The first kappa shape index (κ1) is 28.2. The summed E-state index contributed by atoms with van der Waals surface area (Å²) in [7, 11) is 1.81. The summed E-state index contributed by atoms with van der Waals surface area (Å²) in [5.74, 6) is 5.87. The summed E-state index contributed by atoms with van der Waals surface area (Å²) < 4.78 is 39.1. The number of halogens is 3. The summed E-state index contributed by atoms with van der Waals surface area (Å²) in [4.78, 5) is 18.2. The van der Waals surface area contributed by atoms with E-state index in [1.165, 1.54) is 80.3 Å². The van der Waals surface area contributed by atoms with E-state index in [0.29, 0.717) is 30.0 Å². The van der Waals surface area contributed by atoms with Gasteiger partial charge in [-0.05, 0) is 104 Å². The predicted molar refractivity (Wildman–Crippen MR) is 163 cm³/mol. The van der Waals surface area contributed by atoms with E-state index in [4.69, 9.17) is 0 Å². The van der Waals surface area contributed by atoms with Gasteiger partial charge in [-0.25, -0.2) is 0 Å². The van der Waals surface area contributed by atoms with Crippen molar-refractivity contribution >= 4 is 11.6 Å². The number of anilines is 1. The first-order valence-corrected chi connectivity index (χ1v) is 15.7. The Bertz CT molecular complexity index is 1580. The van der Waals surface area contributed by atoms with Crippen molar-refractivity contribution in [1.82, 2.24) is 4.90 Å². The molecule has 4 aliphatic rings. The molecule has 1 saturated heterocycles. The molecule has 2 saturated carbocycles. The molecule has 1 heterocycles. The van der Waals surface area contributed by atoms with Crippen molar-refractivity contribution in [3.8, 4) is 11.8 Å². The highest BCUT2D eigenvalue weighted by Crippen LogP contribution is 2.58. The van der Waals surface area contributed by atoms with Gasteiger partial charge in [0.15, 0.2) is 0 Å². The number of hydrogen-bond donors (Lipinski definition) is 0. The molecule has 0 radical (unpaired) electrons. The lowest BCUT2D eigenvalue weighted by Crippen LogP contribution is -2.61. The Morgan fingerprint density at radius 2 is 1.74 bits per heavy atom. The molecule has 3 aliphatic carbocycles. The number of likely N-dealkylation sites (tertiary alicyclic amines) is 1. The zero-order valence-corrected chi connectivity index (χ0v) is 24.6. The van der Waals surface area contributed by atoms with Gasteiger partial charge < -0.3 is 4.90 Å². The van der Waals surface area contributed by atoms with Crippen molar-refractivity contribution in [2.45, 2.75) is 81.5 Å². The molecule has 0 spiro atoms. The smallest absolute Gasteiger partial charge is 0.304 e. The first-order valence-electron chi connectivity index (χ1n) is 15.7. The second kappa shape index (κ2) is 10.9. The molecule has 7 rings (SSSR count). The molecule has 3 fully saturated rings. The fourth-order valence-electron chi connectivity index (χ4n) is 8.45. The van der Waals surface area contributed by atoms with Gasteiger partial charge in [0.2, 0.25) is 0 Å². The zero-order chi connectivity index (χ0) is 29.8. The third-order valence-electron chi connectivity index (χ3n) is 10.5.